The number of rotatable bonds is 9. The lowest BCUT2D eigenvalue weighted by Crippen LogP contribution is -2.32. The number of fused-ring (bicyclic) bond motifs is 5. The largest absolute Gasteiger partial charge is 0.494 e. The van der Waals surface area contributed by atoms with Crippen LogP contribution in [0.5, 0.6) is 5.75 Å². The zero-order chi connectivity index (χ0) is 23.8. The fourth-order valence-electron chi connectivity index (χ4n) is 5.40. The number of nitrogens with zero attached hydrogens (tertiary/aromatic N) is 2. The number of carbonyl (C=O) groups excluding carboxylic acids is 2. The average molecular weight is 462 g/mol. The Morgan fingerprint density at radius 3 is 2.32 bits per heavy atom. The van der Waals surface area contributed by atoms with Crippen molar-refractivity contribution in [2.45, 2.75) is 32.6 Å². The van der Waals surface area contributed by atoms with Gasteiger partial charge in [0.25, 0.3) is 5.69 Å². The summed E-state index contributed by atoms with van der Waals surface area (Å²) in [6, 6.07) is 11.7. The molecule has 5 rings (SSSR count). The van der Waals surface area contributed by atoms with E-state index >= 15 is 0 Å². The molecular formula is C26H27N3O5. The first kappa shape index (κ1) is 22.1. The second-order valence-corrected chi connectivity index (χ2v) is 9.18. The molecule has 1 saturated carbocycles. The van der Waals surface area contributed by atoms with Crippen molar-refractivity contribution < 1.29 is 19.2 Å². The van der Waals surface area contributed by atoms with Gasteiger partial charge in [-0.25, -0.2) is 4.90 Å². The molecule has 0 spiro atoms. The Kier molecular flexibility index (Phi) is 5.81. The summed E-state index contributed by atoms with van der Waals surface area (Å²) in [5.74, 6) is -0.277. The van der Waals surface area contributed by atoms with E-state index in [0.29, 0.717) is 12.3 Å². The molecule has 4 atom stereocenters. The first-order chi connectivity index (χ1) is 16.5. The Morgan fingerprint density at radius 2 is 1.71 bits per heavy atom. The molecule has 0 aromatic heterocycles. The first-order valence-electron chi connectivity index (χ1n) is 11.8. The summed E-state index contributed by atoms with van der Waals surface area (Å²) in [5.41, 5.74) is 1.00. The van der Waals surface area contributed by atoms with Gasteiger partial charge in [0.05, 0.1) is 29.1 Å². The zero-order valence-corrected chi connectivity index (χ0v) is 19.0. The number of nitrogens with one attached hydrogen (secondary N) is 1. The van der Waals surface area contributed by atoms with E-state index in [0.717, 1.165) is 36.3 Å². The molecule has 176 valence electrons. The predicted molar refractivity (Wildman–Crippen MR) is 128 cm³/mol. The molecule has 34 heavy (non-hydrogen) atoms. The van der Waals surface area contributed by atoms with E-state index in [1.807, 2.05) is 24.3 Å². The molecule has 0 radical (unpaired) electrons. The van der Waals surface area contributed by atoms with Crippen molar-refractivity contribution in [3.8, 4) is 5.75 Å². The summed E-state index contributed by atoms with van der Waals surface area (Å²) in [4.78, 5) is 38.6. The highest BCUT2D eigenvalue weighted by molar-refractivity contribution is 6.23. The number of unbranched alkanes of at least 4 members (excludes halogenated alkanes) is 2. The van der Waals surface area contributed by atoms with Gasteiger partial charge >= 0.3 is 0 Å². The van der Waals surface area contributed by atoms with Crippen LogP contribution in [0, 0.1) is 33.8 Å². The molecule has 1 N–H and O–H groups in total. The molecule has 1 heterocycles. The Balaban J connectivity index is 1.33. The molecule has 8 heteroatoms. The van der Waals surface area contributed by atoms with Gasteiger partial charge in [-0.2, -0.15) is 0 Å². The minimum Gasteiger partial charge on any atom is -0.494 e. The predicted octanol–water partition coefficient (Wildman–Crippen LogP) is 5.22. The molecule has 3 aliphatic rings. The molecule has 1 aliphatic heterocycles. The van der Waals surface area contributed by atoms with E-state index in [4.69, 9.17) is 4.74 Å². The lowest BCUT2D eigenvalue weighted by atomic mass is 9.85. The van der Waals surface area contributed by atoms with Gasteiger partial charge in [0.2, 0.25) is 11.8 Å². The Hall–Kier alpha value is -3.68. The third kappa shape index (κ3) is 3.83. The van der Waals surface area contributed by atoms with Crippen LogP contribution >= 0.6 is 0 Å². The van der Waals surface area contributed by atoms with Crippen LogP contribution in [0.4, 0.5) is 22.7 Å². The minimum atomic E-state index is -0.506. The third-order valence-corrected chi connectivity index (χ3v) is 7.06. The van der Waals surface area contributed by atoms with Crippen molar-refractivity contribution in [3.63, 3.8) is 0 Å². The van der Waals surface area contributed by atoms with Crippen molar-refractivity contribution in [1.29, 1.82) is 0 Å². The molecular weight excluding hydrogens is 434 g/mol. The number of hydrogen-bond acceptors (Lipinski definition) is 6. The van der Waals surface area contributed by atoms with E-state index < -0.39 is 4.92 Å². The molecule has 0 unspecified atom stereocenters. The SMILES string of the molecule is CCCCCOc1ccc(Nc2ccc(N3C(=O)[C@H]4[C@H](C3=O)[C@H]3C=C[C@H]4C3)cc2[N+](=O)[O-])cc1. The van der Waals surface area contributed by atoms with E-state index in [1.165, 1.54) is 6.07 Å². The normalized spacial score (nSPS) is 24.6. The van der Waals surface area contributed by atoms with Crippen LogP contribution in [0.1, 0.15) is 32.6 Å². The summed E-state index contributed by atoms with van der Waals surface area (Å²) >= 11 is 0. The van der Waals surface area contributed by atoms with Crippen LogP contribution in [0.2, 0.25) is 0 Å². The molecule has 2 amide bonds. The Bertz CT molecular complexity index is 1130. The standard InChI is InChI=1S/C26H27N3O5/c1-2-3-4-13-34-20-10-7-18(8-11-20)27-21-12-9-19(15-22(21)29(32)33)28-25(30)23-16-5-6-17(14-16)24(23)26(28)31/h5-12,15-17,23-24,27H,2-4,13-14H2,1H3/t16-,17-,23+,24+/m0/s1. The average Bonchev–Trinajstić information content (AvgIpc) is 3.52. The van der Waals surface area contributed by atoms with Crippen LogP contribution in [-0.2, 0) is 9.59 Å². The number of allylic oxidation sites excluding steroid dienone is 2. The van der Waals surface area contributed by atoms with E-state index in [9.17, 15) is 19.7 Å². The monoisotopic (exact) mass is 461 g/mol. The topological polar surface area (TPSA) is 102 Å². The number of hydrogen-bond donors (Lipinski definition) is 1. The number of nitro groups is 1. The molecule has 2 fully saturated rings. The van der Waals surface area contributed by atoms with Gasteiger partial charge in [0.1, 0.15) is 11.4 Å². The van der Waals surface area contributed by atoms with Crippen molar-refractivity contribution in [3.05, 3.63) is 64.7 Å². The van der Waals surface area contributed by atoms with E-state index in [2.05, 4.69) is 12.2 Å². The smallest absolute Gasteiger partial charge is 0.294 e. The number of ether oxygens (including phenoxy) is 1. The highest BCUT2D eigenvalue weighted by Crippen LogP contribution is 2.53. The molecule has 2 bridgehead atoms. The second-order valence-electron chi connectivity index (χ2n) is 9.18. The van der Waals surface area contributed by atoms with Gasteiger partial charge in [-0.05, 0) is 61.1 Å². The van der Waals surface area contributed by atoms with Crippen molar-refractivity contribution in [1.82, 2.24) is 0 Å². The molecule has 2 aromatic rings. The van der Waals surface area contributed by atoms with Crippen molar-refractivity contribution in [2.75, 3.05) is 16.8 Å². The first-order valence-corrected chi connectivity index (χ1v) is 11.8. The maximum atomic E-state index is 13.1. The van der Waals surface area contributed by atoms with Gasteiger partial charge in [-0.1, -0.05) is 31.9 Å². The number of carbonyl (C=O) groups is 2. The van der Waals surface area contributed by atoms with Crippen LogP contribution in [0.25, 0.3) is 0 Å². The van der Waals surface area contributed by atoms with Gasteiger partial charge in [0.15, 0.2) is 0 Å². The lowest BCUT2D eigenvalue weighted by Gasteiger charge is -2.18. The maximum absolute atomic E-state index is 13.1. The highest BCUT2D eigenvalue weighted by Gasteiger charge is 2.59. The fraction of sp³-hybridized carbons (Fsp3) is 0.385. The number of imide groups is 1. The number of amides is 2. The van der Waals surface area contributed by atoms with Crippen molar-refractivity contribution in [2.24, 2.45) is 23.7 Å². The van der Waals surface area contributed by atoms with Gasteiger partial charge in [0, 0.05) is 11.8 Å². The fourth-order valence-corrected chi connectivity index (χ4v) is 5.40. The van der Waals surface area contributed by atoms with Crippen LogP contribution in [-0.4, -0.2) is 23.3 Å². The van der Waals surface area contributed by atoms with Crippen molar-refractivity contribution >= 4 is 34.6 Å². The van der Waals surface area contributed by atoms with Crippen LogP contribution in [0.3, 0.4) is 0 Å². The summed E-state index contributed by atoms with van der Waals surface area (Å²) in [5, 5.41) is 14.9. The summed E-state index contributed by atoms with van der Waals surface area (Å²) in [6.07, 6.45) is 8.13. The van der Waals surface area contributed by atoms with Gasteiger partial charge in [-0.15, -0.1) is 0 Å². The molecule has 2 aliphatic carbocycles. The Morgan fingerprint density at radius 1 is 1.03 bits per heavy atom. The third-order valence-electron chi connectivity index (χ3n) is 7.06. The summed E-state index contributed by atoms with van der Waals surface area (Å²) in [6.45, 7) is 2.79. The van der Waals surface area contributed by atoms with Crippen LogP contribution < -0.4 is 15.0 Å². The Labute approximate surface area is 197 Å². The van der Waals surface area contributed by atoms with Gasteiger partial charge < -0.3 is 10.1 Å². The van der Waals surface area contributed by atoms with Gasteiger partial charge in [-0.3, -0.25) is 19.7 Å². The number of anilines is 3. The zero-order valence-electron chi connectivity index (χ0n) is 19.0. The highest BCUT2D eigenvalue weighted by atomic mass is 16.6. The molecule has 2 aromatic carbocycles. The van der Waals surface area contributed by atoms with E-state index in [1.54, 1.807) is 24.3 Å². The number of benzene rings is 2. The maximum Gasteiger partial charge on any atom is 0.294 e. The quantitative estimate of drug-likeness (QED) is 0.181. The molecule has 1 saturated heterocycles. The molecule has 8 nitrogen and oxygen atoms in total. The second kappa shape index (κ2) is 8.93. The minimum absolute atomic E-state index is 0.0889. The summed E-state index contributed by atoms with van der Waals surface area (Å²) in [7, 11) is 0. The lowest BCUT2D eigenvalue weighted by molar-refractivity contribution is -0.383. The summed E-state index contributed by atoms with van der Waals surface area (Å²) < 4.78 is 5.71. The number of nitro benzene ring substituents is 1. The van der Waals surface area contributed by atoms with Crippen LogP contribution in [0.15, 0.2) is 54.6 Å². The van der Waals surface area contributed by atoms with E-state index in [-0.39, 0.29) is 52.5 Å².